The van der Waals surface area contributed by atoms with Crippen LogP contribution in [0, 0.1) is 6.92 Å². The number of ketones is 1. The fourth-order valence-electron chi connectivity index (χ4n) is 2.00. The SMILES string of the molecule is COc1ccc(C)cc1C(=O)c1cc(Br)ccc1OC. The summed E-state index contributed by atoms with van der Waals surface area (Å²) < 4.78 is 11.4. The van der Waals surface area contributed by atoms with Crippen LogP contribution in [-0.4, -0.2) is 20.0 Å². The van der Waals surface area contributed by atoms with Gasteiger partial charge in [0, 0.05) is 4.47 Å². The molecule has 0 bridgehead atoms. The van der Waals surface area contributed by atoms with Gasteiger partial charge < -0.3 is 9.47 Å². The van der Waals surface area contributed by atoms with E-state index < -0.39 is 0 Å². The third-order valence-electron chi connectivity index (χ3n) is 3.01. The molecular weight excluding hydrogens is 320 g/mol. The third kappa shape index (κ3) is 2.85. The van der Waals surface area contributed by atoms with Gasteiger partial charge in [-0.2, -0.15) is 0 Å². The molecule has 0 heterocycles. The van der Waals surface area contributed by atoms with Gasteiger partial charge in [0.15, 0.2) is 0 Å². The van der Waals surface area contributed by atoms with Crippen molar-refractivity contribution in [2.24, 2.45) is 0 Å². The molecule has 0 amide bonds. The van der Waals surface area contributed by atoms with Crippen molar-refractivity contribution in [1.29, 1.82) is 0 Å². The Labute approximate surface area is 126 Å². The Morgan fingerprint density at radius 1 is 0.950 bits per heavy atom. The normalized spacial score (nSPS) is 10.2. The van der Waals surface area contributed by atoms with E-state index in [0.29, 0.717) is 22.6 Å². The van der Waals surface area contributed by atoms with Gasteiger partial charge in [-0.05, 0) is 37.3 Å². The van der Waals surface area contributed by atoms with Crippen LogP contribution in [0.5, 0.6) is 11.5 Å². The first-order chi connectivity index (χ1) is 9.56. The molecule has 104 valence electrons. The molecule has 0 atom stereocenters. The molecule has 3 nitrogen and oxygen atoms in total. The number of aryl methyl sites for hydroxylation is 1. The van der Waals surface area contributed by atoms with Gasteiger partial charge in [0.2, 0.25) is 5.78 Å². The maximum absolute atomic E-state index is 12.7. The lowest BCUT2D eigenvalue weighted by Crippen LogP contribution is -2.06. The highest BCUT2D eigenvalue weighted by molar-refractivity contribution is 9.10. The van der Waals surface area contributed by atoms with E-state index in [1.165, 1.54) is 0 Å². The highest BCUT2D eigenvalue weighted by atomic mass is 79.9. The summed E-state index contributed by atoms with van der Waals surface area (Å²) in [4.78, 5) is 12.7. The molecule has 2 aromatic rings. The number of methoxy groups -OCH3 is 2. The predicted molar refractivity (Wildman–Crippen MR) is 81.9 cm³/mol. The first-order valence-electron chi connectivity index (χ1n) is 6.09. The molecule has 0 aliphatic rings. The molecule has 20 heavy (non-hydrogen) atoms. The van der Waals surface area contributed by atoms with Gasteiger partial charge >= 0.3 is 0 Å². The van der Waals surface area contributed by atoms with Gasteiger partial charge in [0.05, 0.1) is 25.3 Å². The van der Waals surface area contributed by atoms with Crippen LogP contribution in [0.4, 0.5) is 0 Å². The summed E-state index contributed by atoms with van der Waals surface area (Å²) in [6.45, 7) is 1.94. The van der Waals surface area contributed by atoms with Crippen LogP contribution >= 0.6 is 15.9 Å². The molecule has 0 aliphatic carbocycles. The van der Waals surface area contributed by atoms with Crippen LogP contribution in [-0.2, 0) is 0 Å². The van der Waals surface area contributed by atoms with Crippen molar-refractivity contribution in [3.63, 3.8) is 0 Å². The molecule has 0 spiro atoms. The van der Waals surface area contributed by atoms with E-state index in [1.54, 1.807) is 32.4 Å². The van der Waals surface area contributed by atoms with E-state index in [9.17, 15) is 4.79 Å². The topological polar surface area (TPSA) is 35.5 Å². The Balaban J connectivity index is 2.56. The molecule has 2 aromatic carbocycles. The minimum atomic E-state index is -0.122. The lowest BCUT2D eigenvalue weighted by molar-refractivity contribution is 0.103. The average molecular weight is 335 g/mol. The Kier molecular flexibility index (Phi) is 4.45. The molecular formula is C16H15BrO3. The lowest BCUT2D eigenvalue weighted by atomic mass is 10.00. The number of rotatable bonds is 4. The summed E-state index contributed by atoms with van der Waals surface area (Å²) in [7, 11) is 3.10. The van der Waals surface area contributed by atoms with Crippen molar-refractivity contribution in [1.82, 2.24) is 0 Å². The van der Waals surface area contributed by atoms with E-state index in [4.69, 9.17) is 9.47 Å². The molecule has 2 rings (SSSR count). The smallest absolute Gasteiger partial charge is 0.200 e. The summed E-state index contributed by atoms with van der Waals surface area (Å²) in [5.74, 6) is 0.980. The van der Waals surface area contributed by atoms with E-state index in [-0.39, 0.29) is 5.78 Å². The van der Waals surface area contributed by atoms with Gasteiger partial charge in [-0.15, -0.1) is 0 Å². The molecule has 0 radical (unpaired) electrons. The van der Waals surface area contributed by atoms with Crippen molar-refractivity contribution >= 4 is 21.7 Å². The van der Waals surface area contributed by atoms with Crippen molar-refractivity contribution < 1.29 is 14.3 Å². The van der Waals surface area contributed by atoms with E-state index >= 15 is 0 Å². The first-order valence-corrected chi connectivity index (χ1v) is 6.89. The van der Waals surface area contributed by atoms with Crippen LogP contribution in [0.1, 0.15) is 21.5 Å². The van der Waals surface area contributed by atoms with Gasteiger partial charge in [0.25, 0.3) is 0 Å². The van der Waals surface area contributed by atoms with Gasteiger partial charge in [0.1, 0.15) is 11.5 Å². The molecule has 0 saturated carbocycles. The monoisotopic (exact) mass is 334 g/mol. The maximum atomic E-state index is 12.7. The predicted octanol–water partition coefficient (Wildman–Crippen LogP) is 4.01. The number of benzene rings is 2. The first kappa shape index (κ1) is 14.6. The van der Waals surface area contributed by atoms with Gasteiger partial charge in [-0.25, -0.2) is 0 Å². The molecule has 0 aliphatic heterocycles. The maximum Gasteiger partial charge on any atom is 0.200 e. The van der Waals surface area contributed by atoms with Crippen LogP contribution in [0.3, 0.4) is 0 Å². The lowest BCUT2D eigenvalue weighted by Gasteiger charge is -2.11. The number of carbonyl (C=O) groups excluding carboxylic acids is 1. The number of hydrogen-bond donors (Lipinski definition) is 0. The second-order valence-electron chi connectivity index (χ2n) is 4.38. The summed E-state index contributed by atoms with van der Waals surface area (Å²) in [6.07, 6.45) is 0. The Morgan fingerprint density at radius 3 is 2.10 bits per heavy atom. The second kappa shape index (κ2) is 6.09. The summed E-state index contributed by atoms with van der Waals surface area (Å²) in [5.41, 5.74) is 2.04. The minimum absolute atomic E-state index is 0.122. The zero-order valence-electron chi connectivity index (χ0n) is 11.6. The molecule has 0 N–H and O–H groups in total. The zero-order valence-corrected chi connectivity index (χ0v) is 13.2. The van der Waals surface area contributed by atoms with Gasteiger partial charge in [-0.1, -0.05) is 27.6 Å². The largest absolute Gasteiger partial charge is 0.496 e. The average Bonchev–Trinajstić information content (AvgIpc) is 2.46. The standard InChI is InChI=1S/C16H15BrO3/c1-10-4-6-14(19-2)12(8-10)16(18)13-9-11(17)5-7-15(13)20-3/h4-9H,1-3H3. The highest BCUT2D eigenvalue weighted by Gasteiger charge is 2.19. The molecule has 0 fully saturated rings. The summed E-state index contributed by atoms with van der Waals surface area (Å²) >= 11 is 3.38. The quantitative estimate of drug-likeness (QED) is 0.792. The van der Waals surface area contributed by atoms with Crippen molar-refractivity contribution in [2.45, 2.75) is 6.92 Å². The number of ether oxygens (including phenoxy) is 2. The third-order valence-corrected chi connectivity index (χ3v) is 3.50. The second-order valence-corrected chi connectivity index (χ2v) is 5.29. The Morgan fingerprint density at radius 2 is 1.50 bits per heavy atom. The summed E-state index contributed by atoms with van der Waals surface area (Å²) in [6, 6.07) is 10.9. The molecule has 0 saturated heterocycles. The number of carbonyl (C=O) groups is 1. The van der Waals surface area contributed by atoms with Gasteiger partial charge in [-0.3, -0.25) is 4.79 Å². The molecule has 0 aromatic heterocycles. The fraction of sp³-hybridized carbons (Fsp3) is 0.188. The van der Waals surface area contributed by atoms with E-state index in [0.717, 1.165) is 10.0 Å². The number of halogens is 1. The molecule has 4 heteroatoms. The van der Waals surface area contributed by atoms with Crippen LogP contribution in [0.2, 0.25) is 0 Å². The summed E-state index contributed by atoms with van der Waals surface area (Å²) in [5, 5.41) is 0. The Bertz CT molecular complexity index is 595. The minimum Gasteiger partial charge on any atom is -0.496 e. The van der Waals surface area contributed by atoms with Crippen molar-refractivity contribution in [2.75, 3.05) is 14.2 Å². The van der Waals surface area contributed by atoms with E-state index in [1.807, 2.05) is 25.1 Å². The van der Waals surface area contributed by atoms with Crippen LogP contribution in [0.15, 0.2) is 40.9 Å². The van der Waals surface area contributed by atoms with Crippen LogP contribution in [0.25, 0.3) is 0 Å². The van der Waals surface area contributed by atoms with E-state index in [2.05, 4.69) is 15.9 Å². The van der Waals surface area contributed by atoms with Crippen molar-refractivity contribution in [3.05, 3.63) is 57.6 Å². The highest BCUT2D eigenvalue weighted by Crippen LogP contribution is 2.29. The fourth-order valence-corrected chi connectivity index (χ4v) is 2.36. The van der Waals surface area contributed by atoms with Crippen molar-refractivity contribution in [3.8, 4) is 11.5 Å². The Hall–Kier alpha value is -1.81. The van der Waals surface area contributed by atoms with Crippen LogP contribution < -0.4 is 9.47 Å². The number of hydrogen-bond acceptors (Lipinski definition) is 3. The molecule has 0 unspecified atom stereocenters. The zero-order chi connectivity index (χ0) is 14.7.